The van der Waals surface area contributed by atoms with Gasteiger partial charge in [0.25, 0.3) is 0 Å². The smallest absolute Gasteiger partial charge is 0.354 e. The highest BCUT2D eigenvalue weighted by atomic mass is 19.4. The minimum absolute atomic E-state index is 0.410. The Kier molecular flexibility index (Phi) is 5.60. The molecule has 6 heteroatoms. The Morgan fingerprint density at radius 1 is 1.11 bits per heavy atom. The second-order valence-electron chi connectivity index (χ2n) is 4.19. The second-order valence-corrected chi connectivity index (χ2v) is 4.19. The average Bonchev–Trinajstić information content (AvgIpc) is 2.41. The number of alkyl halides is 3. The maximum atomic E-state index is 12.5. The molecular formula is C13H20F3N3. The monoisotopic (exact) mass is 275 g/mol. The van der Waals surface area contributed by atoms with Gasteiger partial charge in [-0.25, -0.2) is 4.98 Å². The molecule has 3 nitrogen and oxygen atoms in total. The van der Waals surface area contributed by atoms with E-state index in [1.165, 1.54) is 6.20 Å². The van der Waals surface area contributed by atoms with E-state index in [0.717, 1.165) is 25.2 Å². The zero-order chi connectivity index (χ0) is 14.5. The summed E-state index contributed by atoms with van der Waals surface area (Å²) >= 11 is 0. The summed E-state index contributed by atoms with van der Waals surface area (Å²) in [5.74, 6) is 0.410. The van der Waals surface area contributed by atoms with Crippen molar-refractivity contribution in [1.82, 2.24) is 9.88 Å². The van der Waals surface area contributed by atoms with E-state index in [-0.39, 0.29) is 0 Å². The van der Waals surface area contributed by atoms with Crippen LogP contribution in [0.25, 0.3) is 0 Å². The first kappa shape index (κ1) is 15.8. The number of aromatic nitrogens is 1. The predicted molar refractivity (Wildman–Crippen MR) is 70.3 cm³/mol. The van der Waals surface area contributed by atoms with Crippen molar-refractivity contribution in [2.75, 3.05) is 38.1 Å². The molecule has 1 fully saturated rings. The van der Waals surface area contributed by atoms with Gasteiger partial charge in [-0.15, -0.1) is 0 Å². The normalized spacial score (nSPS) is 16.8. The Labute approximate surface area is 112 Å². The van der Waals surface area contributed by atoms with Crippen molar-refractivity contribution in [3.05, 3.63) is 23.9 Å². The lowest BCUT2D eigenvalue weighted by atomic mass is 10.2. The van der Waals surface area contributed by atoms with E-state index in [4.69, 9.17) is 0 Å². The quantitative estimate of drug-likeness (QED) is 0.785. The third-order valence-corrected chi connectivity index (χ3v) is 2.90. The number of anilines is 1. The highest BCUT2D eigenvalue weighted by Crippen LogP contribution is 2.30. The molecule has 0 unspecified atom stereocenters. The van der Waals surface area contributed by atoms with Gasteiger partial charge >= 0.3 is 6.18 Å². The molecule has 108 valence electrons. The molecule has 2 rings (SSSR count). The van der Waals surface area contributed by atoms with Crippen molar-refractivity contribution in [3.63, 3.8) is 0 Å². The van der Waals surface area contributed by atoms with Crippen LogP contribution in [0.5, 0.6) is 0 Å². The number of hydrogen-bond donors (Lipinski definition) is 0. The minimum Gasteiger partial charge on any atom is -0.354 e. The largest absolute Gasteiger partial charge is 0.416 e. The Morgan fingerprint density at radius 3 is 2.21 bits per heavy atom. The summed E-state index contributed by atoms with van der Waals surface area (Å²) in [5.41, 5.74) is -0.638. The highest BCUT2D eigenvalue weighted by molar-refractivity contribution is 5.42. The van der Waals surface area contributed by atoms with Crippen molar-refractivity contribution in [2.45, 2.75) is 20.0 Å². The standard InChI is InChI=1S/C11H14F3N3.C2H6/c1-16-4-6-17(7-5-16)10-8-9(2-3-15-10)11(12,13)14;1-2/h2-3,8H,4-7H2,1H3;1-2H3. The van der Waals surface area contributed by atoms with Gasteiger partial charge in [0.1, 0.15) is 5.82 Å². The summed E-state index contributed by atoms with van der Waals surface area (Å²) in [5, 5.41) is 0. The molecule has 1 aliphatic rings. The molecule has 0 spiro atoms. The molecule has 0 saturated carbocycles. The van der Waals surface area contributed by atoms with E-state index in [9.17, 15) is 13.2 Å². The maximum Gasteiger partial charge on any atom is 0.416 e. The summed E-state index contributed by atoms with van der Waals surface area (Å²) in [4.78, 5) is 8.04. The molecule has 2 heterocycles. The number of piperazine rings is 1. The van der Waals surface area contributed by atoms with Crippen LogP contribution >= 0.6 is 0 Å². The van der Waals surface area contributed by atoms with Crippen LogP contribution in [0.3, 0.4) is 0 Å². The van der Waals surface area contributed by atoms with E-state index < -0.39 is 11.7 Å². The lowest BCUT2D eigenvalue weighted by Crippen LogP contribution is -2.44. The first-order valence-electron chi connectivity index (χ1n) is 6.43. The van der Waals surface area contributed by atoms with Crippen molar-refractivity contribution in [2.24, 2.45) is 0 Å². The van der Waals surface area contributed by atoms with Gasteiger partial charge in [-0.1, -0.05) is 13.8 Å². The van der Waals surface area contributed by atoms with Gasteiger partial charge in [-0.05, 0) is 19.2 Å². The summed E-state index contributed by atoms with van der Waals surface area (Å²) in [6.07, 6.45) is -3.08. The molecule has 0 aliphatic carbocycles. The maximum absolute atomic E-state index is 12.5. The van der Waals surface area contributed by atoms with E-state index in [1.54, 1.807) is 0 Å². The van der Waals surface area contributed by atoms with Gasteiger partial charge in [-0.2, -0.15) is 13.2 Å². The highest BCUT2D eigenvalue weighted by Gasteiger charge is 2.31. The van der Waals surface area contributed by atoms with Crippen LogP contribution in [0.4, 0.5) is 19.0 Å². The zero-order valence-electron chi connectivity index (χ0n) is 11.5. The summed E-state index contributed by atoms with van der Waals surface area (Å²) in [6, 6.07) is 2.12. The SMILES string of the molecule is CC.CN1CCN(c2cc(C(F)(F)F)ccn2)CC1. The molecular weight excluding hydrogens is 255 g/mol. The fourth-order valence-electron chi connectivity index (χ4n) is 1.80. The molecule has 1 aliphatic heterocycles. The topological polar surface area (TPSA) is 19.4 Å². The molecule has 1 aromatic heterocycles. The lowest BCUT2D eigenvalue weighted by molar-refractivity contribution is -0.137. The van der Waals surface area contributed by atoms with Crippen LogP contribution in [0.2, 0.25) is 0 Å². The van der Waals surface area contributed by atoms with Crippen LogP contribution in [0.15, 0.2) is 18.3 Å². The fourth-order valence-corrected chi connectivity index (χ4v) is 1.80. The number of likely N-dealkylation sites (N-methyl/N-ethyl adjacent to an activating group) is 1. The van der Waals surface area contributed by atoms with E-state index >= 15 is 0 Å². The van der Waals surface area contributed by atoms with Crippen LogP contribution < -0.4 is 4.90 Å². The Bertz CT molecular complexity index is 385. The molecule has 0 amide bonds. The molecule has 1 saturated heterocycles. The van der Waals surface area contributed by atoms with Crippen LogP contribution in [0.1, 0.15) is 19.4 Å². The van der Waals surface area contributed by atoms with Gasteiger partial charge in [-0.3, -0.25) is 0 Å². The van der Waals surface area contributed by atoms with Crippen LogP contribution in [0, 0.1) is 0 Å². The minimum atomic E-state index is -4.30. The second kappa shape index (κ2) is 6.75. The molecule has 0 N–H and O–H groups in total. The predicted octanol–water partition coefficient (Wildman–Crippen LogP) is 2.88. The average molecular weight is 275 g/mol. The molecule has 0 bridgehead atoms. The van der Waals surface area contributed by atoms with Crippen molar-refractivity contribution in [3.8, 4) is 0 Å². The number of halogens is 3. The van der Waals surface area contributed by atoms with Gasteiger partial charge in [0.15, 0.2) is 0 Å². The first-order chi connectivity index (χ1) is 8.97. The summed E-state index contributed by atoms with van der Waals surface area (Å²) < 4.78 is 37.6. The Hall–Kier alpha value is -1.30. The third kappa shape index (κ3) is 4.38. The third-order valence-electron chi connectivity index (χ3n) is 2.90. The van der Waals surface area contributed by atoms with Crippen molar-refractivity contribution >= 4 is 5.82 Å². The van der Waals surface area contributed by atoms with Crippen molar-refractivity contribution < 1.29 is 13.2 Å². The van der Waals surface area contributed by atoms with E-state index in [2.05, 4.69) is 9.88 Å². The molecule has 0 atom stereocenters. The number of nitrogens with zero attached hydrogens (tertiary/aromatic N) is 3. The van der Waals surface area contributed by atoms with Gasteiger partial charge in [0.05, 0.1) is 5.56 Å². The van der Waals surface area contributed by atoms with Crippen molar-refractivity contribution in [1.29, 1.82) is 0 Å². The summed E-state index contributed by atoms with van der Waals surface area (Å²) in [7, 11) is 2.00. The molecule has 0 radical (unpaired) electrons. The van der Waals surface area contributed by atoms with Crippen LogP contribution in [-0.4, -0.2) is 43.1 Å². The first-order valence-corrected chi connectivity index (χ1v) is 6.43. The van der Waals surface area contributed by atoms with Crippen LogP contribution in [-0.2, 0) is 6.18 Å². The Balaban J connectivity index is 0.000000861. The number of rotatable bonds is 1. The van der Waals surface area contributed by atoms with E-state index in [1.807, 2.05) is 25.8 Å². The molecule has 19 heavy (non-hydrogen) atoms. The lowest BCUT2D eigenvalue weighted by Gasteiger charge is -2.33. The number of hydrogen-bond acceptors (Lipinski definition) is 3. The van der Waals surface area contributed by atoms with Gasteiger partial charge in [0.2, 0.25) is 0 Å². The fraction of sp³-hybridized carbons (Fsp3) is 0.615. The summed E-state index contributed by atoms with van der Waals surface area (Å²) in [6.45, 7) is 7.12. The molecule has 1 aromatic rings. The Morgan fingerprint density at radius 2 is 1.68 bits per heavy atom. The number of pyridine rings is 1. The van der Waals surface area contributed by atoms with Gasteiger partial charge < -0.3 is 9.80 Å². The molecule has 0 aromatic carbocycles. The zero-order valence-corrected chi connectivity index (χ0v) is 11.5. The van der Waals surface area contributed by atoms with Gasteiger partial charge in [0, 0.05) is 32.4 Å². The van der Waals surface area contributed by atoms with E-state index in [0.29, 0.717) is 18.9 Å².